The maximum Gasteiger partial charge on any atom is 0.0847 e. The van der Waals surface area contributed by atoms with Gasteiger partial charge in [-0.25, -0.2) is 0 Å². The van der Waals surface area contributed by atoms with Gasteiger partial charge in [0.2, 0.25) is 0 Å². The van der Waals surface area contributed by atoms with Crippen LogP contribution in [0.5, 0.6) is 0 Å². The first kappa shape index (κ1) is 17.5. The molecule has 1 aliphatic rings. The van der Waals surface area contributed by atoms with Crippen LogP contribution in [0.4, 0.5) is 0 Å². The molecule has 0 spiro atoms. The molecule has 2 aromatic carbocycles. The Kier molecular flexibility index (Phi) is 5.39. The topological polar surface area (TPSA) is 50.8 Å². The monoisotopic (exact) mass is 349 g/mol. The van der Waals surface area contributed by atoms with Crippen molar-refractivity contribution in [2.75, 3.05) is 13.1 Å². The summed E-state index contributed by atoms with van der Waals surface area (Å²) < 4.78 is 0. The molecule has 2 aromatic rings. The van der Waals surface area contributed by atoms with Crippen LogP contribution in [0.3, 0.4) is 0 Å². The largest absolute Gasteiger partial charge is 0.298 e. The number of nitrogens with zero attached hydrogens (tertiary/aromatic N) is 3. The molecule has 0 unspecified atom stereocenters. The van der Waals surface area contributed by atoms with Gasteiger partial charge in [0.25, 0.3) is 0 Å². The molecule has 0 aliphatic carbocycles. The highest BCUT2D eigenvalue weighted by Crippen LogP contribution is 2.37. The van der Waals surface area contributed by atoms with E-state index in [1.807, 2.05) is 54.6 Å². The molecule has 0 N–H and O–H groups in total. The van der Waals surface area contributed by atoms with E-state index in [1.165, 1.54) is 5.56 Å². The molecule has 25 heavy (non-hydrogen) atoms. The van der Waals surface area contributed by atoms with Gasteiger partial charge in [-0.15, -0.1) is 0 Å². The standard InChI is InChI=1S/C21H20ClN3/c22-20-8-6-17(7-9-20)14-25-11-10-21(16-24,12-18(13-23)15-25)19-4-2-1-3-5-19/h1-9,18H,10-12,14-15H2/t18-,21+/m1/s1. The SMILES string of the molecule is N#C[C@@H]1CN(Cc2ccc(Cl)cc2)CC[C@](C#N)(c2ccccc2)C1. The van der Waals surface area contributed by atoms with Gasteiger partial charge in [-0.1, -0.05) is 54.1 Å². The van der Waals surface area contributed by atoms with E-state index in [1.54, 1.807) is 0 Å². The summed E-state index contributed by atoms with van der Waals surface area (Å²) in [6, 6.07) is 22.7. The molecular weight excluding hydrogens is 330 g/mol. The summed E-state index contributed by atoms with van der Waals surface area (Å²) in [5.41, 5.74) is 1.60. The number of hydrogen-bond acceptors (Lipinski definition) is 3. The van der Waals surface area contributed by atoms with Crippen molar-refractivity contribution < 1.29 is 0 Å². The average Bonchev–Trinajstić information content (AvgIpc) is 2.84. The maximum atomic E-state index is 9.95. The van der Waals surface area contributed by atoms with Gasteiger partial charge < -0.3 is 0 Å². The Labute approximate surface area is 154 Å². The second-order valence-corrected chi connectivity index (χ2v) is 7.14. The van der Waals surface area contributed by atoms with E-state index in [9.17, 15) is 10.5 Å². The first-order chi connectivity index (χ1) is 12.1. The lowest BCUT2D eigenvalue weighted by molar-refractivity contribution is 0.258. The molecule has 2 atom stereocenters. The summed E-state index contributed by atoms with van der Waals surface area (Å²) in [5, 5.41) is 20.3. The summed E-state index contributed by atoms with van der Waals surface area (Å²) in [6.07, 6.45) is 1.32. The number of rotatable bonds is 3. The lowest BCUT2D eigenvalue weighted by Crippen LogP contribution is -2.28. The van der Waals surface area contributed by atoms with E-state index in [0.29, 0.717) is 13.0 Å². The number of nitriles is 2. The normalized spacial score (nSPS) is 24.0. The number of likely N-dealkylation sites (tertiary alicyclic amines) is 1. The molecular formula is C21H20ClN3. The fraction of sp³-hybridized carbons (Fsp3) is 0.333. The smallest absolute Gasteiger partial charge is 0.0847 e. The van der Waals surface area contributed by atoms with Crippen LogP contribution < -0.4 is 0 Å². The molecule has 3 nitrogen and oxygen atoms in total. The summed E-state index contributed by atoms with van der Waals surface area (Å²) in [6.45, 7) is 2.25. The fourth-order valence-corrected chi connectivity index (χ4v) is 3.73. The predicted molar refractivity (Wildman–Crippen MR) is 98.8 cm³/mol. The van der Waals surface area contributed by atoms with Crippen LogP contribution in [0.2, 0.25) is 5.02 Å². The van der Waals surface area contributed by atoms with Gasteiger partial charge >= 0.3 is 0 Å². The summed E-state index contributed by atoms with van der Waals surface area (Å²) in [7, 11) is 0. The van der Waals surface area contributed by atoms with Crippen molar-refractivity contribution in [2.24, 2.45) is 5.92 Å². The van der Waals surface area contributed by atoms with E-state index in [2.05, 4.69) is 17.0 Å². The Morgan fingerprint density at radius 2 is 1.80 bits per heavy atom. The molecule has 4 heteroatoms. The van der Waals surface area contributed by atoms with E-state index < -0.39 is 5.41 Å². The number of hydrogen-bond donors (Lipinski definition) is 0. The van der Waals surface area contributed by atoms with Crippen molar-refractivity contribution >= 4 is 11.6 Å². The third-order valence-electron chi connectivity index (χ3n) is 4.97. The van der Waals surface area contributed by atoms with Crippen molar-refractivity contribution in [3.8, 4) is 12.1 Å². The van der Waals surface area contributed by atoms with Gasteiger partial charge in [0, 0.05) is 24.7 Å². The fourth-order valence-electron chi connectivity index (χ4n) is 3.60. The van der Waals surface area contributed by atoms with Crippen LogP contribution in [-0.4, -0.2) is 18.0 Å². The molecule has 0 aromatic heterocycles. The Hall–Kier alpha value is -2.33. The van der Waals surface area contributed by atoms with Crippen LogP contribution in [0, 0.1) is 28.6 Å². The van der Waals surface area contributed by atoms with Crippen molar-refractivity contribution in [1.82, 2.24) is 4.90 Å². The Balaban J connectivity index is 1.82. The first-order valence-electron chi connectivity index (χ1n) is 8.48. The second kappa shape index (κ2) is 7.70. The quantitative estimate of drug-likeness (QED) is 0.817. The Bertz CT molecular complexity index is 789. The van der Waals surface area contributed by atoms with Gasteiger partial charge in [0.05, 0.1) is 23.5 Å². The minimum absolute atomic E-state index is 0.158. The van der Waals surface area contributed by atoms with Gasteiger partial charge in [-0.3, -0.25) is 4.90 Å². The van der Waals surface area contributed by atoms with Crippen molar-refractivity contribution in [3.05, 3.63) is 70.7 Å². The molecule has 0 amide bonds. The molecule has 126 valence electrons. The highest BCUT2D eigenvalue weighted by atomic mass is 35.5. The molecule has 1 aliphatic heterocycles. The van der Waals surface area contributed by atoms with Crippen LogP contribution in [-0.2, 0) is 12.0 Å². The highest BCUT2D eigenvalue weighted by Gasteiger charge is 2.38. The van der Waals surface area contributed by atoms with E-state index >= 15 is 0 Å². The molecule has 1 fully saturated rings. The van der Waals surface area contributed by atoms with Crippen molar-refractivity contribution in [2.45, 2.75) is 24.8 Å². The molecule has 0 saturated carbocycles. The lowest BCUT2D eigenvalue weighted by Gasteiger charge is -2.26. The minimum Gasteiger partial charge on any atom is -0.298 e. The number of benzene rings is 2. The van der Waals surface area contributed by atoms with Crippen LogP contribution >= 0.6 is 11.6 Å². The van der Waals surface area contributed by atoms with E-state index in [0.717, 1.165) is 30.1 Å². The molecule has 0 radical (unpaired) electrons. The zero-order valence-corrected chi connectivity index (χ0v) is 14.8. The molecule has 0 bridgehead atoms. The zero-order valence-electron chi connectivity index (χ0n) is 14.0. The molecule has 3 rings (SSSR count). The van der Waals surface area contributed by atoms with Gasteiger partial charge in [-0.05, 0) is 36.1 Å². The van der Waals surface area contributed by atoms with Crippen molar-refractivity contribution in [1.29, 1.82) is 10.5 Å². The van der Waals surface area contributed by atoms with Gasteiger partial charge in [0.15, 0.2) is 0 Å². The summed E-state index contributed by atoms with van der Waals surface area (Å²) in [5.74, 6) is -0.158. The minimum atomic E-state index is -0.587. The lowest BCUT2D eigenvalue weighted by atomic mass is 9.73. The van der Waals surface area contributed by atoms with E-state index in [-0.39, 0.29) is 5.92 Å². The van der Waals surface area contributed by atoms with E-state index in [4.69, 9.17) is 11.6 Å². The molecule has 1 heterocycles. The van der Waals surface area contributed by atoms with Crippen LogP contribution in [0.15, 0.2) is 54.6 Å². The summed E-state index contributed by atoms with van der Waals surface area (Å²) >= 11 is 5.96. The van der Waals surface area contributed by atoms with Crippen molar-refractivity contribution in [3.63, 3.8) is 0 Å². The third kappa shape index (κ3) is 4.02. The summed E-state index contributed by atoms with van der Waals surface area (Å²) in [4.78, 5) is 2.28. The zero-order chi connectivity index (χ0) is 17.7. The highest BCUT2D eigenvalue weighted by molar-refractivity contribution is 6.30. The predicted octanol–water partition coefficient (Wildman–Crippen LogP) is 4.54. The maximum absolute atomic E-state index is 9.95. The Morgan fingerprint density at radius 1 is 1.08 bits per heavy atom. The molecule has 1 saturated heterocycles. The van der Waals surface area contributed by atoms with Crippen LogP contribution in [0.25, 0.3) is 0 Å². The number of halogens is 1. The first-order valence-corrected chi connectivity index (χ1v) is 8.86. The Morgan fingerprint density at radius 3 is 2.44 bits per heavy atom. The average molecular weight is 350 g/mol. The second-order valence-electron chi connectivity index (χ2n) is 6.70. The van der Waals surface area contributed by atoms with Gasteiger partial charge in [-0.2, -0.15) is 10.5 Å². The van der Waals surface area contributed by atoms with Crippen LogP contribution in [0.1, 0.15) is 24.0 Å². The van der Waals surface area contributed by atoms with Gasteiger partial charge in [0.1, 0.15) is 0 Å². The third-order valence-corrected chi connectivity index (χ3v) is 5.22.